The number of amides is 2. The van der Waals surface area contributed by atoms with E-state index in [4.69, 9.17) is 0 Å². The van der Waals surface area contributed by atoms with E-state index in [2.05, 4.69) is 15.8 Å². The van der Waals surface area contributed by atoms with Gasteiger partial charge in [0.2, 0.25) is 5.91 Å². The monoisotopic (exact) mass is 335 g/mol. The second-order valence-corrected chi connectivity index (χ2v) is 6.29. The van der Waals surface area contributed by atoms with Crippen molar-refractivity contribution in [1.29, 1.82) is 0 Å². The molecule has 2 amide bonds. The van der Waals surface area contributed by atoms with Crippen LogP contribution in [0.25, 0.3) is 0 Å². The molecule has 3 rings (SSSR count). The van der Waals surface area contributed by atoms with Crippen molar-refractivity contribution in [2.75, 3.05) is 5.32 Å². The second-order valence-electron chi connectivity index (χ2n) is 6.29. The highest BCUT2D eigenvalue weighted by Gasteiger charge is 2.29. The van der Waals surface area contributed by atoms with Crippen molar-refractivity contribution in [2.45, 2.75) is 26.7 Å². The van der Waals surface area contributed by atoms with Crippen LogP contribution in [0, 0.1) is 12.8 Å². The van der Waals surface area contributed by atoms with Crippen LogP contribution in [-0.4, -0.2) is 17.5 Å². The molecule has 0 radical (unpaired) electrons. The van der Waals surface area contributed by atoms with Crippen LogP contribution in [0.1, 0.15) is 41.3 Å². The molecule has 0 bridgehead atoms. The van der Waals surface area contributed by atoms with Crippen molar-refractivity contribution in [3.05, 3.63) is 65.2 Å². The Bertz CT molecular complexity index is 821. The molecule has 1 aliphatic rings. The van der Waals surface area contributed by atoms with Crippen LogP contribution in [0.2, 0.25) is 0 Å². The number of hydrogen-bond acceptors (Lipinski definition) is 3. The summed E-state index contributed by atoms with van der Waals surface area (Å²) in [4.78, 5) is 23.9. The summed E-state index contributed by atoms with van der Waals surface area (Å²) in [5.41, 5.74) is 6.46. The predicted molar refractivity (Wildman–Crippen MR) is 98.7 cm³/mol. The Labute approximate surface area is 147 Å². The second kappa shape index (κ2) is 7.30. The van der Waals surface area contributed by atoms with E-state index in [9.17, 15) is 9.59 Å². The van der Waals surface area contributed by atoms with Gasteiger partial charge >= 0.3 is 0 Å². The summed E-state index contributed by atoms with van der Waals surface area (Å²) in [5, 5.41) is 7.07. The highest BCUT2D eigenvalue weighted by Crippen LogP contribution is 2.30. The average molecular weight is 335 g/mol. The van der Waals surface area contributed by atoms with Crippen LogP contribution in [0.3, 0.4) is 0 Å². The quantitative estimate of drug-likeness (QED) is 0.648. The van der Waals surface area contributed by atoms with E-state index in [1.165, 1.54) is 0 Å². The third kappa shape index (κ3) is 4.32. The Morgan fingerprint density at radius 2 is 1.72 bits per heavy atom. The Hall–Kier alpha value is -2.95. The first-order valence-corrected chi connectivity index (χ1v) is 8.36. The maximum absolute atomic E-state index is 12.2. The molecule has 0 unspecified atom stereocenters. The first-order valence-electron chi connectivity index (χ1n) is 8.36. The molecule has 0 aliphatic heterocycles. The van der Waals surface area contributed by atoms with Crippen LogP contribution in [-0.2, 0) is 4.79 Å². The topological polar surface area (TPSA) is 70.6 Å². The van der Waals surface area contributed by atoms with Gasteiger partial charge in [-0.3, -0.25) is 9.59 Å². The molecule has 1 fully saturated rings. The lowest BCUT2D eigenvalue weighted by molar-refractivity contribution is -0.117. The maximum atomic E-state index is 12.2. The molecular formula is C20H21N3O2. The summed E-state index contributed by atoms with van der Waals surface area (Å²) in [5.74, 6) is 0.0361. The maximum Gasteiger partial charge on any atom is 0.271 e. The first-order chi connectivity index (χ1) is 12.0. The molecule has 0 heterocycles. The fourth-order valence-electron chi connectivity index (χ4n) is 2.47. The lowest BCUT2D eigenvalue weighted by atomic mass is 10.1. The molecule has 1 saturated carbocycles. The fourth-order valence-corrected chi connectivity index (χ4v) is 2.47. The zero-order valence-electron chi connectivity index (χ0n) is 14.4. The van der Waals surface area contributed by atoms with Crippen molar-refractivity contribution < 1.29 is 9.59 Å². The standard InChI is InChI=1S/C20H21N3O2/c1-13-5-3-4-6-18(13)20(25)23-22-14(2)15-9-11-17(12-10-15)21-19(24)16-7-8-16/h3-6,9-12,16H,7-8H2,1-2H3,(H,21,24)(H,23,25)/b22-14-. The molecule has 2 N–H and O–H groups in total. The van der Waals surface area contributed by atoms with E-state index >= 15 is 0 Å². The molecule has 2 aromatic carbocycles. The van der Waals surface area contributed by atoms with E-state index in [-0.39, 0.29) is 17.7 Å². The molecule has 25 heavy (non-hydrogen) atoms. The molecule has 0 saturated heterocycles. The summed E-state index contributed by atoms with van der Waals surface area (Å²) < 4.78 is 0. The highest BCUT2D eigenvalue weighted by atomic mass is 16.2. The Morgan fingerprint density at radius 1 is 1.04 bits per heavy atom. The lowest BCUT2D eigenvalue weighted by Gasteiger charge is -2.07. The van der Waals surface area contributed by atoms with Gasteiger partial charge in [-0.2, -0.15) is 5.10 Å². The van der Waals surface area contributed by atoms with E-state index in [0.29, 0.717) is 11.3 Å². The lowest BCUT2D eigenvalue weighted by Crippen LogP contribution is -2.20. The number of hydrazone groups is 1. The molecule has 0 aromatic heterocycles. The summed E-state index contributed by atoms with van der Waals surface area (Å²) in [6, 6.07) is 14.8. The van der Waals surface area contributed by atoms with Gasteiger partial charge in [0.15, 0.2) is 0 Å². The number of nitrogens with one attached hydrogen (secondary N) is 2. The van der Waals surface area contributed by atoms with Gasteiger partial charge in [-0.15, -0.1) is 0 Å². The van der Waals surface area contributed by atoms with Gasteiger partial charge in [0.1, 0.15) is 0 Å². The van der Waals surface area contributed by atoms with Gasteiger partial charge in [-0.25, -0.2) is 5.43 Å². The highest BCUT2D eigenvalue weighted by molar-refractivity contribution is 6.01. The van der Waals surface area contributed by atoms with Gasteiger partial charge in [-0.1, -0.05) is 30.3 Å². The van der Waals surface area contributed by atoms with Gasteiger partial charge in [-0.05, 0) is 56.0 Å². The summed E-state index contributed by atoms with van der Waals surface area (Å²) in [7, 11) is 0. The minimum atomic E-state index is -0.231. The zero-order valence-corrected chi connectivity index (χ0v) is 14.4. The fraction of sp³-hybridized carbons (Fsp3) is 0.250. The summed E-state index contributed by atoms with van der Waals surface area (Å²) >= 11 is 0. The molecule has 5 nitrogen and oxygen atoms in total. The third-order valence-corrected chi connectivity index (χ3v) is 4.23. The van der Waals surface area contributed by atoms with Crippen molar-refractivity contribution in [3.63, 3.8) is 0 Å². The van der Waals surface area contributed by atoms with Crippen LogP contribution in [0.4, 0.5) is 5.69 Å². The van der Waals surface area contributed by atoms with Crippen LogP contribution in [0.5, 0.6) is 0 Å². The van der Waals surface area contributed by atoms with Crippen LogP contribution in [0.15, 0.2) is 53.6 Å². The predicted octanol–water partition coefficient (Wildman–Crippen LogP) is 3.50. The van der Waals surface area contributed by atoms with Gasteiger partial charge in [0.25, 0.3) is 5.91 Å². The van der Waals surface area contributed by atoms with E-state index in [1.54, 1.807) is 6.07 Å². The van der Waals surface area contributed by atoms with Gasteiger partial charge in [0, 0.05) is 17.2 Å². The smallest absolute Gasteiger partial charge is 0.271 e. The Morgan fingerprint density at radius 3 is 2.36 bits per heavy atom. The summed E-state index contributed by atoms with van der Waals surface area (Å²) in [6.45, 7) is 3.72. The number of carbonyl (C=O) groups excluding carboxylic acids is 2. The SMILES string of the molecule is C/C(=N/NC(=O)c1ccccc1C)c1ccc(NC(=O)C2CC2)cc1. The van der Waals surface area contributed by atoms with Crippen LogP contribution < -0.4 is 10.7 Å². The molecular weight excluding hydrogens is 314 g/mol. The van der Waals surface area contributed by atoms with Crippen molar-refractivity contribution >= 4 is 23.2 Å². The number of rotatable bonds is 5. The number of aryl methyl sites for hydroxylation is 1. The number of anilines is 1. The Kier molecular flexibility index (Phi) is 4.93. The number of hydrogen-bond donors (Lipinski definition) is 2. The number of nitrogens with zero attached hydrogens (tertiary/aromatic N) is 1. The van der Waals surface area contributed by atoms with E-state index < -0.39 is 0 Å². The first kappa shape index (κ1) is 16.9. The average Bonchev–Trinajstić information content (AvgIpc) is 3.45. The van der Waals surface area contributed by atoms with Crippen LogP contribution >= 0.6 is 0 Å². The largest absolute Gasteiger partial charge is 0.326 e. The normalized spacial score (nSPS) is 14.1. The minimum Gasteiger partial charge on any atom is -0.326 e. The number of carbonyl (C=O) groups is 2. The van der Waals surface area contributed by atoms with Crippen molar-refractivity contribution in [1.82, 2.24) is 5.43 Å². The van der Waals surface area contributed by atoms with Gasteiger partial charge < -0.3 is 5.32 Å². The minimum absolute atomic E-state index is 0.0867. The third-order valence-electron chi connectivity index (χ3n) is 4.23. The molecule has 2 aromatic rings. The molecule has 1 aliphatic carbocycles. The van der Waals surface area contributed by atoms with Gasteiger partial charge in [0.05, 0.1) is 5.71 Å². The summed E-state index contributed by atoms with van der Waals surface area (Å²) in [6.07, 6.45) is 1.96. The number of benzene rings is 2. The zero-order chi connectivity index (χ0) is 17.8. The molecule has 5 heteroatoms. The van der Waals surface area contributed by atoms with E-state index in [1.807, 2.05) is 56.3 Å². The molecule has 128 valence electrons. The molecule has 0 spiro atoms. The van der Waals surface area contributed by atoms with Crippen molar-refractivity contribution in [2.24, 2.45) is 11.0 Å². The van der Waals surface area contributed by atoms with E-state index in [0.717, 1.165) is 29.7 Å². The van der Waals surface area contributed by atoms with Crippen molar-refractivity contribution in [3.8, 4) is 0 Å². The molecule has 0 atom stereocenters. The Balaban J connectivity index is 1.62.